The molecule has 1 aliphatic rings. The summed E-state index contributed by atoms with van der Waals surface area (Å²) in [4.78, 5) is 15.5. The van der Waals surface area contributed by atoms with Crippen LogP contribution in [0.5, 0.6) is 0 Å². The van der Waals surface area contributed by atoms with Gasteiger partial charge in [0.05, 0.1) is 17.4 Å². The van der Waals surface area contributed by atoms with Crippen LogP contribution in [0.15, 0.2) is 193 Å². The van der Waals surface area contributed by atoms with Crippen LogP contribution in [0.25, 0.3) is 66.8 Å². The van der Waals surface area contributed by atoms with Crippen LogP contribution in [-0.4, -0.2) is 20.2 Å². The lowest BCUT2D eigenvalue weighted by molar-refractivity contribution is 0.781. The minimum Gasteiger partial charge on any atom is -0.359 e. The number of benzene rings is 6. The molecule has 53 heavy (non-hydrogen) atoms. The highest BCUT2D eigenvalue weighted by atomic mass is 15.1. The molecule has 5 heteroatoms. The van der Waals surface area contributed by atoms with E-state index in [1.54, 1.807) is 0 Å². The molecule has 4 heterocycles. The van der Waals surface area contributed by atoms with E-state index in [0.717, 1.165) is 67.1 Å². The monoisotopic (exact) mass is 679 g/mol. The molecule has 1 atom stereocenters. The van der Waals surface area contributed by atoms with E-state index in [1.807, 2.05) is 30.5 Å². The molecule has 3 aromatic heterocycles. The van der Waals surface area contributed by atoms with Crippen LogP contribution in [0.4, 0.5) is 0 Å². The average Bonchev–Trinajstić information content (AvgIpc) is 3.63. The molecule has 0 saturated heterocycles. The number of rotatable bonds is 6. The number of aromatic nitrogens is 3. The van der Waals surface area contributed by atoms with Crippen molar-refractivity contribution in [1.29, 1.82) is 0 Å². The lowest BCUT2D eigenvalue weighted by Crippen LogP contribution is -2.31. The Kier molecular flexibility index (Phi) is 7.47. The van der Waals surface area contributed by atoms with Crippen molar-refractivity contribution in [3.05, 3.63) is 205 Å². The molecule has 0 saturated carbocycles. The van der Waals surface area contributed by atoms with Crippen LogP contribution < -0.4 is 5.32 Å². The molecule has 250 valence electrons. The Morgan fingerprint density at radius 3 is 1.79 bits per heavy atom. The van der Waals surface area contributed by atoms with Crippen LogP contribution in [-0.2, 0) is 0 Å². The Bertz CT molecular complexity index is 2830. The fourth-order valence-electron chi connectivity index (χ4n) is 7.37. The third kappa shape index (κ3) is 5.65. The van der Waals surface area contributed by atoms with Gasteiger partial charge in [0.25, 0.3) is 0 Å². The Morgan fingerprint density at radius 2 is 1.06 bits per heavy atom. The van der Waals surface area contributed by atoms with E-state index in [1.165, 1.54) is 22.3 Å². The van der Waals surface area contributed by atoms with Crippen LogP contribution in [0.1, 0.15) is 22.7 Å². The van der Waals surface area contributed by atoms with E-state index in [0.29, 0.717) is 0 Å². The van der Waals surface area contributed by atoms with Gasteiger partial charge in [0, 0.05) is 28.1 Å². The molecular weight excluding hydrogens is 647 g/mol. The summed E-state index contributed by atoms with van der Waals surface area (Å²) >= 11 is 0. The zero-order valence-corrected chi connectivity index (χ0v) is 28.8. The summed E-state index contributed by atoms with van der Waals surface area (Å²) in [5.41, 5.74) is 13.5. The molecule has 0 aliphatic carbocycles. The molecule has 1 aliphatic heterocycles. The van der Waals surface area contributed by atoms with Crippen molar-refractivity contribution in [3.8, 4) is 33.5 Å². The van der Waals surface area contributed by atoms with E-state index in [2.05, 4.69) is 167 Å². The molecular formula is C48H33N5. The van der Waals surface area contributed by atoms with Crippen LogP contribution in [0, 0.1) is 0 Å². The van der Waals surface area contributed by atoms with Gasteiger partial charge in [0.2, 0.25) is 0 Å². The maximum atomic E-state index is 5.28. The first kappa shape index (κ1) is 30.7. The highest BCUT2D eigenvalue weighted by Crippen LogP contribution is 2.35. The summed E-state index contributed by atoms with van der Waals surface area (Å²) in [6.45, 7) is 0. The van der Waals surface area contributed by atoms with Gasteiger partial charge in [0.15, 0.2) is 5.65 Å². The van der Waals surface area contributed by atoms with Crippen LogP contribution >= 0.6 is 0 Å². The highest BCUT2D eigenvalue weighted by Gasteiger charge is 2.21. The molecule has 10 rings (SSSR count). The normalized spacial score (nSPS) is 14.2. The second-order valence-electron chi connectivity index (χ2n) is 13.4. The zero-order chi connectivity index (χ0) is 35.1. The van der Waals surface area contributed by atoms with Crippen molar-refractivity contribution in [3.63, 3.8) is 0 Å². The van der Waals surface area contributed by atoms with Crippen molar-refractivity contribution >= 4 is 39.1 Å². The number of hydrogen-bond donors (Lipinski definition) is 1. The number of nitrogens with zero attached hydrogens (tertiary/aromatic N) is 4. The molecule has 9 aromatic rings. The van der Waals surface area contributed by atoms with Gasteiger partial charge in [-0.1, -0.05) is 158 Å². The lowest BCUT2D eigenvalue weighted by Gasteiger charge is -2.25. The Balaban J connectivity index is 1.07. The number of imidazole rings is 1. The van der Waals surface area contributed by atoms with Gasteiger partial charge in [-0.15, -0.1) is 0 Å². The quantitative estimate of drug-likeness (QED) is 0.190. The van der Waals surface area contributed by atoms with Crippen molar-refractivity contribution in [2.24, 2.45) is 4.99 Å². The van der Waals surface area contributed by atoms with Gasteiger partial charge in [0.1, 0.15) is 17.0 Å². The summed E-state index contributed by atoms with van der Waals surface area (Å²) in [6.07, 6.45) is 4.26. The molecule has 0 radical (unpaired) electrons. The third-order valence-corrected chi connectivity index (χ3v) is 10.1. The smallest absolute Gasteiger partial charge is 0.165 e. The van der Waals surface area contributed by atoms with Gasteiger partial charge >= 0.3 is 0 Å². The second kappa shape index (κ2) is 12.9. The predicted molar refractivity (Wildman–Crippen MR) is 218 cm³/mol. The lowest BCUT2D eigenvalue weighted by atomic mass is 9.96. The fourth-order valence-corrected chi connectivity index (χ4v) is 7.37. The SMILES string of the molecule is C1=C(c2ccc(-c3ccccc3)cc2)N=C(c2cccc(-c3nc4c(nc5ccccn54)c4ccccc34)c2)NC1c1ccc(-c2ccccc2)cc1. The molecule has 0 fully saturated rings. The van der Waals surface area contributed by atoms with Crippen molar-refractivity contribution in [1.82, 2.24) is 19.7 Å². The maximum Gasteiger partial charge on any atom is 0.165 e. The van der Waals surface area contributed by atoms with E-state index in [4.69, 9.17) is 15.0 Å². The first-order valence-corrected chi connectivity index (χ1v) is 17.9. The number of fused-ring (bicyclic) bond motifs is 5. The second-order valence-corrected chi connectivity index (χ2v) is 13.4. The number of nitrogens with one attached hydrogen (secondary N) is 1. The summed E-state index contributed by atoms with van der Waals surface area (Å²) < 4.78 is 2.07. The molecule has 5 nitrogen and oxygen atoms in total. The Morgan fingerprint density at radius 1 is 0.472 bits per heavy atom. The number of hydrogen-bond acceptors (Lipinski definition) is 4. The first-order valence-electron chi connectivity index (χ1n) is 17.9. The van der Waals surface area contributed by atoms with Crippen molar-refractivity contribution < 1.29 is 0 Å². The van der Waals surface area contributed by atoms with Gasteiger partial charge in [-0.05, 0) is 57.7 Å². The van der Waals surface area contributed by atoms with E-state index in [-0.39, 0.29) is 6.04 Å². The van der Waals surface area contributed by atoms with Crippen LogP contribution in [0.3, 0.4) is 0 Å². The van der Waals surface area contributed by atoms with E-state index < -0.39 is 0 Å². The van der Waals surface area contributed by atoms with Gasteiger partial charge in [-0.2, -0.15) is 0 Å². The summed E-state index contributed by atoms with van der Waals surface area (Å²) in [6, 6.07) is 61.5. The number of amidine groups is 1. The number of aliphatic imine (C=N–C) groups is 1. The van der Waals surface area contributed by atoms with Gasteiger partial charge in [-0.3, -0.25) is 4.40 Å². The maximum absolute atomic E-state index is 5.28. The van der Waals surface area contributed by atoms with Gasteiger partial charge < -0.3 is 5.32 Å². The molecule has 0 bridgehead atoms. The predicted octanol–water partition coefficient (Wildman–Crippen LogP) is 11.2. The highest BCUT2D eigenvalue weighted by molar-refractivity contribution is 6.10. The molecule has 1 N–H and O–H groups in total. The largest absolute Gasteiger partial charge is 0.359 e. The van der Waals surface area contributed by atoms with E-state index >= 15 is 0 Å². The van der Waals surface area contributed by atoms with Crippen molar-refractivity contribution in [2.75, 3.05) is 0 Å². The minimum absolute atomic E-state index is 0.0896. The van der Waals surface area contributed by atoms with Gasteiger partial charge in [-0.25, -0.2) is 15.0 Å². The van der Waals surface area contributed by atoms with E-state index in [9.17, 15) is 0 Å². The molecule has 6 aromatic carbocycles. The molecule has 1 unspecified atom stereocenters. The Labute approximate surface area is 307 Å². The zero-order valence-electron chi connectivity index (χ0n) is 28.8. The standard InChI is InChI=1S/C48H33N5/c1-3-12-32(13-4-1)34-21-25-36(26-22-34)42-31-43(37-27-23-35(24-28-37)33-14-5-2-6-15-33)50-47(49-42)39-17-11-16-38(30-39)45-40-18-7-8-19-41(40)46-48(52-45)53-29-10-9-20-44(53)51-46/h1-31,42H,(H,49,50). The summed E-state index contributed by atoms with van der Waals surface area (Å²) in [5, 5.41) is 5.93. The number of pyridine rings is 2. The average molecular weight is 680 g/mol. The Hall–Kier alpha value is -7.11. The molecule has 0 spiro atoms. The third-order valence-electron chi connectivity index (χ3n) is 10.1. The fraction of sp³-hybridized carbons (Fsp3) is 0.0208. The topological polar surface area (TPSA) is 54.6 Å². The minimum atomic E-state index is -0.0896. The van der Waals surface area contributed by atoms with Crippen LogP contribution in [0.2, 0.25) is 0 Å². The first-order chi connectivity index (χ1) is 26.2. The summed E-state index contributed by atoms with van der Waals surface area (Å²) in [7, 11) is 0. The molecule has 0 amide bonds. The van der Waals surface area contributed by atoms with Crippen molar-refractivity contribution in [2.45, 2.75) is 6.04 Å². The summed E-state index contributed by atoms with van der Waals surface area (Å²) in [5.74, 6) is 0.814.